The number of hydrogen-bond acceptors (Lipinski definition) is 1. The van der Waals surface area contributed by atoms with Gasteiger partial charge in [-0.15, -0.1) is 0 Å². The van der Waals surface area contributed by atoms with Gasteiger partial charge in [-0.05, 0) is 30.9 Å². The lowest BCUT2D eigenvalue weighted by atomic mass is 9.98. The predicted octanol–water partition coefficient (Wildman–Crippen LogP) is 3.49. The third-order valence-corrected chi connectivity index (χ3v) is 3.63. The van der Waals surface area contributed by atoms with Crippen molar-refractivity contribution in [2.75, 3.05) is 13.1 Å². The Balaban J connectivity index is 2.21. The Morgan fingerprint density at radius 1 is 1.28 bits per heavy atom. The molecule has 0 aromatic heterocycles. The van der Waals surface area contributed by atoms with Crippen LogP contribution in [0.15, 0.2) is 12.1 Å². The summed E-state index contributed by atoms with van der Waals surface area (Å²) in [5.74, 6) is -2.21. The van der Waals surface area contributed by atoms with E-state index < -0.39 is 17.5 Å². The minimum absolute atomic E-state index is 0.244. The van der Waals surface area contributed by atoms with Gasteiger partial charge in [0.15, 0.2) is 11.6 Å². The Bertz CT molecular complexity index is 470. The Labute approximate surface area is 110 Å². The van der Waals surface area contributed by atoms with Gasteiger partial charge in [-0.1, -0.05) is 18.5 Å². The average molecular weight is 274 g/mol. The molecule has 0 radical (unpaired) electrons. The standard InChI is InChI=1S/C13H14ClF2NO/c1-8-4-6-17(7-5-8)13(18)9-2-3-10(14)12(16)11(9)15/h2-3,8H,4-7H2,1H3. The molecule has 98 valence electrons. The molecule has 0 unspecified atom stereocenters. The van der Waals surface area contributed by atoms with Crippen LogP contribution in [0, 0.1) is 17.6 Å². The van der Waals surface area contributed by atoms with Crippen LogP contribution in [-0.4, -0.2) is 23.9 Å². The van der Waals surface area contributed by atoms with Gasteiger partial charge in [0.2, 0.25) is 0 Å². The summed E-state index contributed by atoms with van der Waals surface area (Å²) in [7, 11) is 0. The van der Waals surface area contributed by atoms with Crippen LogP contribution < -0.4 is 0 Å². The smallest absolute Gasteiger partial charge is 0.256 e. The fourth-order valence-corrected chi connectivity index (χ4v) is 2.22. The van der Waals surface area contributed by atoms with E-state index in [1.165, 1.54) is 12.1 Å². The van der Waals surface area contributed by atoms with Crippen molar-refractivity contribution in [2.45, 2.75) is 19.8 Å². The van der Waals surface area contributed by atoms with E-state index in [0.29, 0.717) is 19.0 Å². The van der Waals surface area contributed by atoms with Crippen molar-refractivity contribution >= 4 is 17.5 Å². The zero-order valence-corrected chi connectivity index (χ0v) is 10.8. The van der Waals surface area contributed by atoms with Crippen LogP contribution in [0.3, 0.4) is 0 Å². The second-order valence-corrected chi connectivity index (χ2v) is 5.10. The number of nitrogens with zero attached hydrogens (tertiary/aromatic N) is 1. The zero-order valence-electron chi connectivity index (χ0n) is 10.0. The Kier molecular flexibility index (Phi) is 3.85. The molecule has 0 spiro atoms. The number of halogens is 3. The van der Waals surface area contributed by atoms with Crippen molar-refractivity contribution in [2.24, 2.45) is 5.92 Å². The summed E-state index contributed by atoms with van der Waals surface area (Å²) < 4.78 is 26.9. The highest BCUT2D eigenvalue weighted by Crippen LogP contribution is 2.23. The van der Waals surface area contributed by atoms with Gasteiger partial charge in [-0.2, -0.15) is 0 Å². The monoisotopic (exact) mass is 273 g/mol. The Morgan fingerprint density at radius 3 is 2.50 bits per heavy atom. The van der Waals surface area contributed by atoms with Gasteiger partial charge in [-0.3, -0.25) is 4.79 Å². The average Bonchev–Trinajstić information content (AvgIpc) is 2.36. The molecule has 5 heteroatoms. The highest BCUT2D eigenvalue weighted by Gasteiger charge is 2.25. The molecule has 2 nitrogen and oxygen atoms in total. The van der Waals surface area contributed by atoms with Crippen molar-refractivity contribution in [3.8, 4) is 0 Å². The fourth-order valence-electron chi connectivity index (χ4n) is 2.07. The summed E-state index contributed by atoms with van der Waals surface area (Å²) in [5, 5.41) is -0.309. The van der Waals surface area contributed by atoms with Crippen molar-refractivity contribution in [1.29, 1.82) is 0 Å². The van der Waals surface area contributed by atoms with Gasteiger partial charge >= 0.3 is 0 Å². The molecular formula is C13H14ClF2NO. The summed E-state index contributed by atoms with van der Waals surface area (Å²) in [6.45, 7) is 3.29. The van der Waals surface area contributed by atoms with Gasteiger partial charge in [0, 0.05) is 13.1 Å². The molecule has 1 aliphatic rings. The van der Waals surface area contributed by atoms with E-state index >= 15 is 0 Å². The first-order chi connectivity index (χ1) is 8.50. The van der Waals surface area contributed by atoms with Gasteiger partial charge < -0.3 is 4.90 Å². The first kappa shape index (κ1) is 13.3. The molecule has 1 heterocycles. The molecule has 1 aromatic rings. The van der Waals surface area contributed by atoms with Crippen molar-refractivity contribution in [3.05, 3.63) is 34.4 Å². The molecule has 1 aromatic carbocycles. The Hall–Kier alpha value is -1.16. The fraction of sp³-hybridized carbons (Fsp3) is 0.462. The third-order valence-electron chi connectivity index (χ3n) is 3.34. The lowest BCUT2D eigenvalue weighted by molar-refractivity contribution is 0.0691. The number of likely N-dealkylation sites (tertiary alicyclic amines) is 1. The SMILES string of the molecule is CC1CCN(C(=O)c2ccc(Cl)c(F)c2F)CC1. The van der Waals surface area contributed by atoms with Crippen LogP contribution in [-0.2, 0) is 0 Å². The minimum Gasteiger partial charge on any atom is -0.339 e. The molecule has 1 fully saturated rings. The lowest BCUT2D eigenvalue weighted by Gasteiger charge is -2.30. The molecule has 0 saturated carbocycles. The van der Waals surface area contributed by atoms with E-state index in [9.17, 15) is 13.6 Å². The van der Waals surface area contributed by atoms with Crippen molar-refractivity contribution in [1.82, 2.24) is 4.90 Å². The van der Waals surface area contributed by atoms with Crippen LogP contribution in [0.2, 0.25) is 5.02 Å². The van der Waals surface area contributed by atoms with Gasteiger partial charge in [0.1, 0.15) is 0 Å². The van der Waals surface area contributed by atoms with Crippen LogP contribution in [0.5, 0.6) is 0 Å². The van der Waals surface area contributed by atoms with Crippen molar-refractivity contribution < 1.29 is 13.6 Å². The quantitative estimate of drug-likeness (QED) is 0.717. The summed E-state index contributed by atoms with van der Waals surface area (Å²) in [4.78, 5) is 13.6. The van der Waals surface area contributed by atoms with Crippen LogP contribution in [0.1, 0.15) is 30.1 Å². The normalized spacial score (nSPS) is 17.0. The maximum Gasteiger partial charge on any atom is 0.256 e. The van der Waals surface area contributed by atoms with Crippen LogP contribution in [0.4, 0.5) is 8.78 Å². The summed E-state index contributed by atoms with van der Waals surface area (Å²) in [5.41, 5.74) is -0.244. The number of hydrogen-bond donors (Lipinski definition) is 0. The number of rotatable bonds is 1. The topological polar surface area (TPSA) is 20.3 Å². The highest BCUT2D eigenvalue weighted by molar-refractivity contribution is 6.30. The first-order valence-corrected chi connectivity index (χ1v) is 6.31. The lowest BCUT2D eigenvalue weighted by Crippen LogP contribution is -2.38. The molecule has 1 amide bonds. The predicted molar refractivity (Wildman–Crippen MR) is 65.7 cm³/mol. The first-order valence-electron chi connectivity index (χ1n) is 5.93. The second-order valence-electron chi connectivity index (χ2n) is 4.70. The van der Waals surface area contributed by atoms with E-state index in [1.54, 1.807) is 4.90 Å². The molecular weight excluding hydrogens is 260 g/mol. The Morgan fingerprint density at radius 2 is 1.89 bits per heavy atom. The number of carbonyl (C=O) groups excluding carboxylic acids is 1. The van der Waals surface area contributed by atoms with Crippen LogP contribution in [0.25, 0.3) is 0 Å². The van der Waals surface area contributed by atoms with E-state index in [0.717, 1.165) is 12.8 Å². The summed E-state index contributed by atoms with van der Waals surface area (Å²) in [6.07, 6.45) is 1.78. The van der Waals surface area contributed by atoms with E-state index in [1.807, 2.05) is 0 Å². The molecule has 1 aliphatic heterocycles. The second kappa shape index (κ2) is 5.22. The maximum atomic E-state index is 13.6. The molecule has 1 saturated heterocycles. The molecule has 0 atom stereocenters. The van der Waals surface area contributed by atoms with Crippen LogP contribution >= 0.6 is 11.6 Å². The van der Waals surface area contributed by atoms with Gasteiger partial charge in [0.25, 0.3) is 5.91 Å². The number of piperidine rings is 1. The molecule has 2 rings (SSSR count). The third kappa shape index (κ3) is 2.48. The van der Waals surface area contributed by atoms with E-state index in [-0.39, 0.29) is 10.6 Å². The van der Waals surface area contributed by atoms with Crippen molar-refractivity contribution in [3.63, 3.8) is 0 Å². The van der Waals surface area contributed by atoms with Gasteiger partial charge in [0.05, 0.1) is 10.6 Å². The van der Waals surface area contributed by atoms with Gasteiger partial charge in [-0.25, -0.2) is 8.78 Å². The molecule has 0 N–H and O–H groups in total. The minimum atomic E-state index is -1.16. The molecule has 0 bridgehead atoms. The number of carbonyl (C=O) groups is 1. The number of benzene rings is 1. The zero-order chi connectivity index (χ0) is 13.3. The largest absolute Gasteiger partial charge is 0.339 e. The highest BCUT2D eigenvalue weighted by atomic mass is 35.5. The molecule has 18 heavy (non-hydrogen) atoms. The summed E-state index contributed by atoms with van der Waals surface area (Å²) >= 11 is 5.46. The summed E-state index contributed by atoms with van der Waals surface area (Å²) in [6, 6.07) is 2.45. The number of amides is 1. The molecule has 0 aliphatic carbocycles. The van der Waals surface area contributed by atoms with E-state index in [4.69, 9.17) is 11.6 Å². The van der Waals surface area contributed by atoms with E-state index in [2.05, 4.69) is 6.92 Å². The maximum absolute atomic E-state index is 13.6.